The van der Waals surface area contributed by atoms with Crippen LogP contribution in [0.4, 0.5) is 0 Å². The Labute approximate surface area is 101 Å². The molecule has 0 aliphatic carbocycles. The predicted molar refractivity (Wildman–Crippen MR) is 68.9 cm³/mol. The first-order chi connectivity index (χ1) is 6.81. The van der Waals surface area contributed by atoms with Gasteiger partial charge in [0, 0.05) is 13.1 Å². The third-order valence-electron chi connectivity index (χ3n) is 2.63. The zero-order valence-electron chi connectivity index (χ0n) is 10.4. The summed E-state index contributed by atoms with van der Waals surface area (Å²) >= 11 is 0. The van der Waals surface area contributed by atoms with E-state index < -0.39 is 0 Å². The molecule has 0 heterocycles. The average molecular weight is 238 g/mol. The molecule has 0 aromatic rings. The Kier molecular flexibility index (Phi) is 16.7. The third-order valence-corrected chi connectivity index (χ3v) is 2.63. The Bertz CT molecular complexity index is 112. The molecule has 0 fully saturated rings. The second kappa shape index (κ2) is 14.2. The summed E-state index contributed by atoms with van der Waals surface area (Å²) in [7, 11) is 0. The van der Waals surface area contributed by atoms with Gasteiger partial charge in [0.1, 0.15) is 0 Å². The Balaban J connectivity index is 0. The zero-order chi connectivity index (χ0) is 10.6. The molecule has 2 nitrogen and oxygen atoms in total. The van der Waals surface area contributed by atoms with Gasteiger partial charge in [-0.2, -0.15) is 5.06 Å². The smallest absolute Gasteiger partial charge is 0.0238 e. The molecule has 15 heavy (non-hydrogen) atoms. The molecule has 0 aliphatic heterocycles. The van der Waals surface area contributed by atoms with Crippen LogP contribution >= 0.6 is 12.4 Å². The van der Waals surface area contributed by atoms with E-state index in [2.05, 4.69) is 6.92 Å². The fourth-order valence-corrected chi connectivity index (χ4v) is 1.59. The molecule has 0 unspecified atom stereocenters. The fraction of sp³-hybridized carbons (Fsp3) is 1.00. The lowest BCUT2D eigenvalue weighted by Crippen LogP contribution is -2.19. The molecule has 0 spiro atoms. The van der Waals surface area contributed by atoms with Crippen molar-refractivity contribution in [3.8, 4) is 0 Å². The SMILES string of the molecule is CCCCCCCCCCN(O)CC.Cl. The second-order valence-electron chi connectivity index (χ2n) is 4.02. The number of hydrogen-bond acceptors (Lipinski definition) is 2. The Morgan fingerprint density at radius 1 is 0.800 bits per heavy atom. The molecule has 0 aromatic heterocycles. The van der Waals surface area contributed by atoms with Gasteiger partial charge in [0.05, 0.1) is 0 Å². The number of nitrogens with zero attached hydrogens (tertiary/aromatic N) is 1. The highest BCUT2D eigenvalue weighted by molar-refractivity contribution is 5.85. The topological polar surface area (TPSA) is 23.5 Å². The standard InChI is InChI=1S/C12H27NO.ClH/c1-3-5-6-7-8-9-10-11-12-13(14)4-2;/h14H,3-12H2,1-2H3;1H. The minimum atomic E-state index is 0. The summed E-state index contributed by atoms with van der Waals surface area (Å²) in [4.78, 5) is 0. The van der Waals surface area contributed by atoms with Crippen LogP contribution in [0.15, 0.2) is 0 Å². The fourth-order valence-electron chi connectivity index (χ4n) is 1.59. The van der Waals surface area contributed by atoms with Crippen LogP contribution in [-0.2, 0) is 0 Å². The predicted octanol–water partition coefficient (Wildman–Crippen LogP) is 4.26. The van der Waals surface area contributed by atoms with Gasteiger partial charge < -0.3 is 5.21 Å². The van der Waals surface area contributed by atoms with Crippen molar-refractivity contribution >= 4 is 12.4 Å². The maximum absolute atomic E-state index is 9.16. The van der Waals surface area contributed by atoms with Gasteiger partial charge in [0.25, 0.3) is 0 Å². The van der Waals surface area contributed by atoms with Crippen molar-refractivity contribution in [1.29, 1.82) is 0 Å². The van der Waals surface area contributed by atoms with Crippen molar-refractivity contribution in [2.75, 3.05) is 13.1 Å². The molecular formula is C12H28ClNO. The summed E-state index contributed by atoms with van der Waals surface area (Å²) in [5.74, 6) is 0. The van der Waals surface area contributed by atoms with Crippen molar-refractivity contribution in [2.24, 2.45) is 0 Å². The van der Waals surface area contributed by atoms with Crippen LogP contribution in [0.1, 0.15) is 65.2 Å². The molecule has 3 heteroatoms. The van der Waals surface area contributed by atoms with Gasteiger partial charge in [-0.1, -0.05) is 58.8 Å². The van der Waals surface area contributed by atoms with Gasteiger partial charge in [-0.15, -0.1) is 12.4 Å². The summed E-state index contributed by atoms with van der Waals surface area (Å²) in [5, 5.41) is 10.6. The van der Waals surface area contributed by atoms with Crippen molar-refractivity contribution in [3.63, 3.8) is 0 Å². The quantitative estimate of drug-likeness (QED) is 0.453. The van der Waals surface area contributed by atoms with E-state index in [1.807, 2.05) is 6.92 Å². The van der Waals surface area contributed by atoms with Crippen LogP contribution in [0.2, 0.25) is 0 Å². The number of rotatable bonds is 10. The number of hydroxylamine groups is 2. The molecule has 0 bridgehead atoms. The molecule has 0 radical (unpaired) electrons. The molecule has 0 aromatic carbocycles. The van der Waals surface area contributed by atoms with Crippen LogP contribution < -0.4 is 0 Å². The minimum Gasteiger partial charge on any atom is -0.314 e. The lowest BCUT2D eigenvalue weighted by Gasteiger charge is -2.10. The molecule has 0 saturated carbocycles. The lowest BCUT2D eigenvalue weighted by atomic mass is 10.1. The summed E-state index contributed by atoms with van der Waals surface area (Å²) in [6.07, 6.45) is 10.6. The van der Waals surface area contributed by atoms with Crippen LogP contribution in [0, 0.1) is 0 Å². The van der Waals surface area contributed by atoms with E-state index in [4.69, 9.17) is 5.21 Å². The highest BCUT2D eigenvalue weighted by atomic mass is 35.5. The van der Waals surface area contributed by atoms with Crippen molar-refractivity contribution in [2.45, 2.75) is 65.2 Å². The van der Waals surface area contributed by atoms with Crippen LogP contribution in [-0.4, -0.2) is 23.4 Å². The first-order valence-corrected chi connectivity index (χ1v) is 6.25. The molecular weight excluding hydrogens is 210 g/mol. The van der Waals surface area contributed by atoms with Gasteiger partial charge in [-0.3, -0.25) is 0 Å². The maximum Gasteiger partial charge on any atom is 0.0238 e. The summed E-state index contributed by atoms with van der Waals surface area (Å²) in [6.45, 7) is 5.81. The van der Waals surface area contributed by atoms with E-state index in [9.17, 15) is 0 Å². The monoisotopic (exact) mass is 237 g/mol. The van der Waals surface area contributed by atoms with E-state index in [1.165, 1.54) is 50.0 Å². The van der Waals surface area contributed by atoms with Crippen LogP contribution in [0.3, 0.4) is 0 Å². The average Bonchev–Trinajstić information content (AvgIpc) is 2.21. The van der Waals surface area contributed by atoms with Crippen molar-refractivity contribution in [1.82, 2.24) is 5.06 Å². The summed E-state index contributed by atoms with van der Waals surface area (Å²) in [6, 6.07) is 0. The van der Waals surface area contributed by atoms with Gasteiger partial charge in [0.2, 0.25) is 0 Å². The first kappa shape index (κ1) is 17.6. The molecule has 94 valence electrons. The van der Waals surface area contributed by atoms with Gasteiger partial charge >= 0.3 is 0 Å². The first-order valence-electron chi connectivity index (χ1n) is 6.25. The van der Waals surface area contributed by atoms with E-state index in [-0.39, 0.29) is 12.4 Å². The Morgan fingerprint density at radius 2 is 1.27 bits per heavy atom. The highest BCUT2D eigenvalue weighted by Gasteiger charge is 1.95. The molecule has 0 amide bonds. The highest BCUT2D eigenvalue weighted by Crippen LogP contribution is 2.08. The number of halogens is 1. The normalized spacial score (nSPS) is 10.4. The van der Waals surface area contributed by atoms with Crippen LogP contribution in [0.5, 0.6) is 0 Å². The number of unbranched alkanes of at least 4 members (excludes halogenated alkanes) is 7. The Hall–Kier alpha value is 0.210. The lowest BCUT2D eigenvalue weighted by molar-refractivity contribution is -0.0869. The van der Waals surface area contributed by atoms with E-state index in [0.717, 1.165) is 19.5 Å². The Morgan fingerprint density at radius 3 is 1.73 bits per heavy atom. The van der Waals surface area contributed by atoms with Gasteiger partial charge in [-0.25, -0.2) is 0 Å². The van der Waals surface area contributed by atoms with E-state index >= 15 is 0 Å². The minimum absolute atomic E-state index is 0. The molecule has 0 rings (SSSR count). The van der Waals surface area contributed by atoms with Crippen LogP contribution in [0.25, 0.3) is 0 Å². The van der Waals surface area contributed by atoms with Gasteiger partial charge in [0.15, 0.2) is 0 Å². The summed E-state index contributed by atoms with van der Waals surface area (Å²) in [5.41, 5.74) is 0. The van der Waals surface area contributed by atoms with Crippen molar-refractivity contribution in [3.05, 3.63) is 0 Å². The molecule has 0 aliphatic rings. The van der Waals surface area contributed by atoms with Gasteiger partial charge in [-0.05, 0) is 6.42 Å². The molecule has 0 atom stereocenters. The zero-order valence-corrected chi connectivity index (χ0v) is 11.2. The van der Waals surface area contributed by atoms with E-state index in [0.29, 0.717) is 0 Å². The maximum atomic E-state index is 9.16. The molecule has 1 N–H and O–H groups in total. The van der Waals surface area contributed by atoms with Crippen molar-refractivity contribution < 1.29 is 5.21 Å². The number of hydrogen-bond donors (Lipinski definition) is 1. The largest absolute Gasteiger partial charge is 0.314 e. The second-order valence-corrected chi connectivity index (χ2v) is 4.02. The molecule has 0 saturated heterocycles. The third kappa shape index (κ3) is 14.2. The summed E-state index contributed by atoms with van der Waals surface area (Å²) < 4.78 is 0. The van der Waals surface area contributed by atoms with E-state index in [1.54, 1.807) is 0 Å².